The molecule has 1 aliphatic heterocycles. The van der Waals surface area contributed by atoms with E-state index in [1.807, 2.05) is 0 Å². The normalized spacial score (nSPS) is 15.8. The molecule has 3 nitrogen and oxygen atoms in total. The summed E-state index contributed by atoms with van der Waals surface area (Å²) in [5, 5.41) is 0.457. The zero-order valence-corrected chi connectivity index (χ0v) is 8.01. The van der Waals surface area contributed by atoms with Gasteiger partial charge in [-0.1, -0.05) is 11.6 Å². The molecule has 2 rings (SSSR count). The largest absolute Gasteiger partial charge is 0.341 e. The first kappa shape index (κ1) is 8.51. The average molecular weight is 197 g/mol. The molecule has 0 spiro atoms. The maximum atomic E-state index is 11.6. The van der Waals surface area contributed by atoms with Crippen LogP contribution in [0.2, 0.25) is 5.15 Å². The van der Waals surface area contributed by atoms with Crippen LogP contribution in [0.5, 0.6) is 0 Å². The minimum atomic E-state index is 0.0329. The van der Waals surface area contributed by atoms with Crippen molar-refractivity contribution in [2.24, 2.45) is 0 Å². The van der Waals surface area contributed by atoms with Crippen LogP contribution in [0.25, 0.3) is 0 Å². The van der Waals surface area contributed by atoms with Crippen LogP contribution in [0.1, 0.15) is 15.9 Å². The highest BCUT2D eigenvalue weighted by Crippen LogP contribution is 2.22. The lowest BCUT2D eigenvalue weighted by atomic mass is 10.0. The highest BCUT2D eigenvalue weighted by molar-refractivity contribution is 6.30. The van der Waals surface area contributed by atoms with Gasteiger partial charge < -0.3 is 4.90 Å². The Bertz CT molecular complexity index is 365. The van der Waals surface area contributed by atoms with Crippen molar-refractivity contribution >= 4 is 17.5 Å². The molecule has 0 saturated heterocycles. The summed E-state index contributed by atoms with van der Waals surface area (Å²) >= 11 is 5.87. The van der Waals surface area contributed by atoms with E-state index in [9.17, 15) is 4.79 Å². The van der Waals surface area contributed by atoms with Crippen molar-refractivity contribution in [2.45, 2.75) is 6.42 Å². The van der Waals surface area contributed by atoms with Crippen molar-refractivity contribution in [3.05, 3.63) is 28.5 Å². The van der Waals surface area contributed by atoms with E-state index in [-0.39, 0.29) is 5.91 Å². The number of halogens is 1. The van der Waals surface area contributed by atoms with Crippen LogP contribution < -0.4 is 0 Å². The molecule has 0 bridgehead atoms. The number of likely N-dealkylation sites (N-methyl/N-ethyl adjacent to an activating group) is 1. The Morgan fingerprint density at radius 2 is 2.38 bits per heavy atom. The van der Waals surface area contributed by atoms with Crippen molar-refractivity contribution in [3.8, 4) is 0 Å². The molecule has 4 heteroatoms. The number of carbonyl (C=O) groups is 1. The Morgan fingerprint density at radius 3 is 3.15 bits per heavy atom. The minimum absolute atomic E-state index is 0.0329. The van der Waals surface area contributed by atoms with E-state index in [4.69, 9.17) is 11.6 Å². The molecule has 1 amide bonds. The summed E-state index contributed by atoms with van der Waals surface area (Å²) in [4.78, 5) is 17.2. The van der Waals surface area contributed by atoms with E-state index in [2.05, 4.69) is 4.98 Å². The minimum Gasteiger partial charge on any atom is -0.341 e. The smallest absolute Gasteiger partial charge is 0.254 e. The molecule has 1 aromatic heterocycles. The second-order valence-electron chi connectivity index (χ2n) is 3.10. The highest BCUT2D eigenvalue weighted by Gasteiger charge is 2.23. The number of carbonyl (C=O) groups excluding carboxylic acids is 1. The van der Waals surface area contributed by atoms with Gasteiger partial charge in [-0.05, 0) is 12.5 Å². The van der Waals surface area contributed by atoms with Gasteiger partial charge in [-0.25, -0.2) is 4.98 Å². The first-order valence-electron chi connectivity index (χ1n) is 4.09. The second kappa shape index (κ2) is 3.00. The van der Waals surface area contributed by atoms with Gasteiger partial charge in [-0.3, -0.25) is 4.79 Å². The number of fused-ring (bicyclic) bond motifs is 1. The van der Waals surface area contributed by atoms with Crippen LogP contribution in [-0.2, 0) is 6.42 Å². The van der Waals surface area contributed by atoms with Crippen LogP contribution in [0.4, 0.5) is 0 Å². The zero-order valence-electron chi connectivity index (χ0n) is 7.25. The summed E-state index contributed by atoms with van der Waals surface area (Å²) in [7, 11) is 1.79. The predicted octanol–water partition coefficient (Wildman–Crippen LogP) is 1.36. The van der Waals surface area contributed by atoms with Gasteiger partial charge in [0.1, 0.15) is 5.15 Å². The van der Waals surface area contributed by atoms with Gasteiger partial charge in [-0.2, -0.15) is 0 Å². The third kappa shape index (κ3) is 1.29. The van der Waals surface area contributed by atoms with Crippen LogP contribution in [0.3, 0.4) is 0 Å². The summed E-state index contributed by atoms with van der Waals surface area (Å²) in [5.41, 5.74) is 1.57. The summed E-state index contributed by atoms with van der Waals surface area (Å²) in [6.07, 6.45) is 2.36. The molecule has 0 fully saturated rings. The maximum absolute atomic E-state index is 11.6. The van der Waals surface area contributed by atoms with Crippen molar-refractivity contribution in [1.29, 1.82) is 0 Å². The fraction of sp³-hybridized carbons (Fsp3) is 0.333. The molecule has 2 heterocycles. The molecule has 0 aliphatic carbocycles. The molecule has 0 atom stereocenters. The monoisotopic (exact) mass is 196 g/mol. The molecule has 68 valence electrons. The van der Waals surface area contributed by atoms with Gasteiger partial charge in [0, 0.05) is 30.9 Å². The molecule has 0 radical (unpaired) electrons. The van der Waals surface area contributed by atoms with Crippen LogP contribution in [0.15, 0.2) is 12.3 Å². The van der Waals surface area contributed by atoms with Gasteiger partial charge in [-0.15, -0.1) is 0 Å². The lowest BCUT2D eigenvalue weighted by Crippen LogP contribution is -2.34. The number of amides is 1. The number of rotatable bonds is 0. The highest BCUT2D eigenvalue weighted by atomic mass is 35.5. The summed E-state index contributed by atoms with van der Waals surface area (Å²) in [6, 6.07) is 1.72. The molecule has 0 aromatic carbocycles. The van der Waals surface area contributed by atoms with Crippen molar-refractivity contribution in [1.82, 2.24) is 9.88 Å². The third-order valence-electron chi connectivity index (χ3n) is 2.28. The van der Waals surface area contributed by atoms with E-state index < -0.39 is 0 Å². The SMILES string of the molecule is CN1CCc2c(ccnc2Cl)C1=O. The fourth-order valence-corrected chi connectivity index (χ4v) is 1.74. The zero-order chi connectivity index (χ0) is 9.42. The quantitative estimate of drug-likeness (QED) is 0.587. The Balaban J connectivity index is 2.55. The van der Waals surface area contributed by atoms with Crippen LogP contribution >= 0.6 is 11.6 Å². The Labute approximate surface area is 81.3 Å². The maximum Gasteiger partial charge on any atom is 0.254 e. The van der Waals surface area contributed by atoms with Crippen molar-refractivity contribution in [3.63, 3.8) is 0 Å². The number of pyridine rings is 1. The molecule has 13 heavy (non-hydrogen) atoms. The molecule has 0 N–H and O–H groups in total. The van der Waals surface area contributed by atoms with Gasteiger partial charge >= 0.3 is 0 Å². The fourth-order valence-electron chi connectivity index (χ4n) is 1.49. The molecule has 1 aromatic rings. The molecular formula is C9H9ClN2O. The van der Waals surface area contributed by atoms with E-state index in [0.717, 1.165) is 18.5 Å². The van der Waals surface area contributed by atoms with Crippen LogP contribution in [0, 0.1) is 0 Å². The summed E-state index contributed by atoms with van der Waals surface area (Å²) in [5.74, 6) is 0.0329. The predicted molar refractivity (Wildman–Crippen MR) is 49.9 cm³/mol. The topological polar surface area (TPSA) is 33.2 Å². The molecule has 1 aliphatic rings. The second-order valence-corrected chi connectivity index (χ2v) is 3.46. The molecular weight excluding hydrogens is 188 g/mol. The number of hydrogen-bond donors (Lipinski definition) is 0. The van der Waals surface area contributed by atoms with E-state index in [0.29, 0.717) is 10.7 Å². The Kier molecular flexibility index (Phi) is 1.96. The van der Waals surface area contributed by atoms with Gasteiger partial charge in [0.15, 0.2) is 0 Å². The first-order chi connectivity index (χ1) is 6.20. The molecule has 0 saturated carbocycles. The number of nitrogens with zero attached hydrogens (tertiary/aromatic N) is 2. The summed E-state index contributed by atoms with van der Waals surface area (Å²) in [6.45, 7) is 0.719. The lowest BCUT2D eigenvalue weighted by Gasteiger charge is -2.24. The van der Waals surface area contributed by atoms with E-state index in [1.165, 1.54) is 0 Å². The van der Waals surface area contributed by atoms with E-state index in [1.54, 1.807) is 24.2 Å². The molecule has 0 unspecified atom stereocenters. The van der Waals surface area contributed by atoms with Crippen molar-refractivity contribution in [2.75, 3.05) is 13.6 Å². The van der Waals surface area contributed by atoms with Gasteiger partial charge in [0.05, 0.1) is 0 Å². The van der Waals surface area contributed by atoms with Crippen molar-refractivity contribution < 1.29 is 4.79 Å². The standard InChI is InChI=1S/C9H9ClN2O/c1-12-5-3-6-7(9(12)13)2-4-11-8(6)10/h2,4H,3,5H2,1H3. The lowest BCUT2D eigenvalue weighted by molar-refractivity contribution is 0.0780. The third-order valence-corrected chi connectivity index (χ3v) is 2.60. The Hall–Kier alpha value is -1.09. The van der Waals surface area contributed by atoms with E-state index >= 15 is 0 Å². The summed E-state index contributed by atoms with van der Waals surface area (Å²) < 4.78 is 0. The Morgan fingerprint density at radius 1 is 1.62 bits per heavy atom. The van der Waals surface area contributed by atoms with Crippen LogP contribution in [-0.4, -0.2) is 29.4 Å². The van der Waals surface area contributed by atoms with Gasteiger partial charge in [0.25, 0.3) is 5.91 Å². The number of aromatic nitrogens is 1. The first-order valence-corrected chi connectivity index (χ1v) is 4.47. The average Bonchev–Trinajstić information content (AvgIpc) is 2.12. The van der Waals surface area contributed by atoms with Gasteiger partial charge in [0.2, 0.25) is 0 Å². The number of hydrogen-bond acceptors (Lipinski definition) is 2.